The maximum absolute atomic E-state index is 3.85. The van der Waals surface area contributed by atoms with E-state index >= 15 is 0 Å². The Bertz CT molecular complexity index is 1980. The van der Waals surface area contributed by atoms with Gasteiger partial charge in [0.15, 0.2) is 0 Å². The van der Waals surface area contributed by atoms with E-state index in [0.29, 0.717) is 0 Å². The lowest BCUT2D eigenvalue weighted by Gasteiger charge is -2.35. The molecule has 0 saturated heterocycles. The van der Waals surface area contributed by atoms with Crippen LogP contribution in [0.25, 0.3) is 33.4 Å². The molecule has 0 heterocycles. The van der Waals surface area contributed by atoms with Crippen molar-refractivity contribution in [2.45, 2.75) is 26.2 Å². The van der Waals surface area contributed by atoms with Gasteiger partial charge in [-0.1, -0.05) is 142 Å². The van der Waals surface area contributed by atoms with Gasteiger partial charge in [0.2, 0.25) is 0 Å². The summed E-state index contributed by atoms with van der Waals surface area (Å²) in [6, 6.07) is 42.6. The lowest BCUT2D eigenvalue weighted by atomic mass is 9.67. The molecule has 0 radical (unpaired) electrons. The van der Waals surface area contributed by atoms with Crippen LogP contribution in [0, 0.1) is 20.8 Å². The van der Waals surface area contributed by atoms with Crippen LogP contribution in [-0.2, 0) is 5.41 Å². The van der Waals surface area contributed by atoms with Crippen LogP contribution < -0.4 is 0 Å². The zero-order valence-electron chi connectivity index (χ0n) is 24.5. The number of rotatable bonds is 4. The van der Waals surface area contributed by atoms with Gasteiger partial charge in [-0.05, 0) is 130 Å². The van der Waals surface area contributed by atoms with Gasteiger partial charge < -0.3 is 0 Å². The summed E-state index contributed by atoms with van der Waals surface area (Å²) in [6.07, 6.45) is 0. The fourth-order valence-electron chi connectivity index (χ4n) is 7.33. The predicted octanol–water partition coefficient (Wildman–Crippen LogP) is 13.4. The van der Waals surface area contributed by atoms with Crippen molar-refractivity contribution in [1.29, 1.82) is 0 Å². The van der Waals surface area contributed by atoms with Crippen LogP contribution in [0.3, 0.4) is 0 Å². The highest BCUT2D eigenvalue weighted by Crippen LogP contribution is 2.60. The first-order chi connectivity index (χ1) is 21.2. The summed E-state index contributed by atoms with van der Waals surface area (Å²) in [6.45, 7) is 6.67. The summed E-state index contributed by atoms with van der Waals surface area (Å²) >= 11 is 15.4. The average Bonchev–Trinajstić information content (AvgIpc) is 3.27. The molecule has 0 bridgehead atoms. The van der Waals surface area contributed by atoms with Gasteiger partial charge in [-0.25, -0.2) is 0 Å². The second kappa shape index (κ2) is 11.6. The summed E-state index contributed by atoms with van der Waals surface area (Å²) in [4.78, 5) is 0. The molecule has 4 heteroatoms. The summed E-state index contributed by atoms with van der Waals surface area (Å²) in [7, 11) is 0. The molecule has 44 heavy (non-hydrogen) atoms. The fourth-order valence-corrected chi connectivity index (χ4v) is 9.91. The topological polar surface area (TPSA) is 0 Å². The van der Waals surface area contributed by atoms with Gasteiger partial charge in [0, 0.05) is 17.9 Å². The molecule has 0 saturated carbocycles. The van der Waals surface area contributed by atoms with Gasteiger partial charge in [-0.2, -0.15) is 0 Å². The molecular formula is C40H28Br4. The molecule has 7 rings (SSSR count). The van der Waals surface area contributed by atoms with E-state index in [1.165, 1.54) is 72.3 Å². The smallest absolute Gasteiger partial charge is 0.0622 e. The molecule has 0 nitrogen and oxygen atoms in total. The molecule has 0 aromatic heterocycles. The first-order valence-corrected chi connectivity index (χ1v) is 17.7. The van der Waals surface area contributed by atoms with E-state index in [4.69, 9.17) is 0 Å². The van der Waals surface area contributed by atoms with Crippen molar-refractivity contribution in [1.82, 2.24) is 0 Å². The Labute approximate surface area is 293 Å². The standard InChI is InChI=1S/C40H28Br4/c1-23-14-24(2)38(25(3)15-23)35-10-7-11-36-39(35)34-13-12-27(26-8-5-4-6-9-26)16-37(34)40(36,28-17-30(41)21-31(42)18-28)29-19-32(43)22-33(44)20-29/h4-22H,1-3H3. The summed E-state index contributed by atoms with van der Waals surface area (Å²) in [5.41, 5.74) is 15.8. The van der Waals surface area contributed by atoms with Crippen molar-refractivity contribution in [2.75, 3.05) is 0 Å². The molecule has 0 unspecified atom stereocenters. The van der Waals surface area contributed by atoms with Gasteiger partial charge in [-0.3, -0.25) is 0 Å². The highest BCUT2D eigenvalue weighted by atomic mass is 79.9. The van der Waals surface area contributed by atoms with Crippen molar-refractivity contribution in [2.24, 2.45) is 0 Å². The molecule has 0 atom stereocenters. The number of hydrogen-bond acceptors (Lipinski definition) is 0. The van der Waals surface area contributed by atoms with Crippen molar-refractivity contribution >= 4 is 63.7 Å². The molecular weight excluding hydrogens is 800 g/mol. The van der Waals surface area contributed by atoms with Crippen molar-refractivity contribution in [3.63, 3.8) is 0 Å². The highest BCUT2D eigenvalue weighted by Gasteiger charge is 2.48. The van der Waals surface area contributed by atoms with Crippen LogP contribution in [-0.4, -0.2) is 0 Å². The lowest BCUT2D eigenvalue weighted by molar-refractivity contribution is 0.766. The lowest BCUT2D eigenvalue weighted by Crippen LogP contribution is -2.29. The van der Waals surface area contributed by atoms with E-state index in [-0.39, 0.29) is 0 Å². The summed E-state index contributed by atoms with van der Waals surface area (Å²) in [5.74, 6) is 0. The van der Waals surface area contributed by atoms with Gasteiger partial charge in [-0.15, -0.1) is 0 Å². The van der Waals surface area contributed by atoms with Crippen molar-refractivity contribution in [3.05, 3.63) is 172 Å². The van der Waals surface area contributed by atoms with E-state index in [1.54, 1.807) is 0 Å². The molecule has 1 aliphatic rings. The quantitative estimate of drug-likeness (QED) is 0.166. The Morgan fingerprint density at radius 3 is 1.57 bits per heavy atom. The molecule has 6 aromatic carbocycles. The Kier molecular flexibility index (Phi) is 7.86. The second-order valence-electron chi connectivity index (χ2n) is 11.7. The molecule has 0 aliphatic heterocycles. The fraction of sp³-hybridized carbons (Fsp3) is 0.100. The Hall–Kier alpha value is -2.76. The third-order valence-corrected chi connectivity index (χ3v) is 10.6. The van der Waals surface area contributed by atoms with Crippen LogP contribution in [0.4, 0.5) is 0 Å². The van der Waals surface area contributed by atoms with E-state index in [0.717, 1.165) is 17.9 Å². The second-order valence-corrected chi connectivity index (χ2v) is 15.4. The van der Waals surface area contributed by atoms with Crippen LogP contribution in [0.2, 0.25) is 0 Å². The minimum atomic E-state index is -0.587. The van der Waals surface area contributed by atoms with Gasteiger partial charge in [0.05, 0.1) is 5.41 Å². The number of halogens is 4. The molecule has 0 N–H and O–H groups in total. The largest absolute Gasteiger partial charge is 0.0715 e. The van der Waals surface area contributed by atoms with E-state index in [9.17, 15) is 0 Å². The van der Waals surface area contributed by atoms with Gasteiger partial charge >= 0.3 is 0 Å². The zero-order chi connectivity index (χ0) is 30.7. The number of hydrogen-bond donors (Lipinski definition) is 0. The van der Waals surface area contributed by atoms with E-state index in [2.05, 4.69) is 200 Å². The molecule has 216 valence electrons. The van der Waals surface area contributed by atoms with E-state index < -0.39 is 5.41 Å². The summed E-state index contributed by atoms with van der Waals surface area (Å²) in [5, 5.41) is 0. The van der Waals surface area contributed by atoms with Gasteiger partial charge in [0.25, 0.3) is 0 Å². The van der Waals surface area contributed by atoms with Crippen LogP contribution in [0.1, 0.15) is 38.9 Å². The molecule has 0 spiro atoms. The minimum absolute atomic E-state index is 0.587. The van der Waals surface area contributed by atoms with Crippen molar-refractivity contribution < 1.29 is 0 Å². The average molecular weight is 828 g/mol. The van der Waals surface area contributed by atoms with E-state index in [1.807, 2.05) is 0 Å². The first kappa shape index (κ1) is 29.9. The van der Waals surface area contributed by atoms with Gasteiger partial charge in [0.1, 0.15) is 0 Å². The Morgan fingerprint density at radius 1 is 0.432 bits per heavy atom. The normalized spacial score (nSPS) is 13.1. The molecule has 0 fully saturated rings. The number of fused-ring (bicyclic) bond motifs is 3. The van der Waals surface area contributed by atoms with Crippen LogP contribution in [0.15, 0.2) is 133 Å². The SMILES string of the molecule is Cc1cc(C)c(-c2cccc3c2-c2ccc(-c4ccccc4)cc2C3(c2cc(Br)cc(Br)c2)c2cc(Br)cc(Br)c2)c(C)c1. The van der Waals surface area contributed by atoms with Crippen molar-refractivity contribution in [3.8, 4) is 33.4 Å². The molecule has 0 amide bonds. The predicted molar refractivity (Wildman–Crippen MR) is 200 cm³/mol. The number of benzene rings is 6. The maximum Gasteiger partial charge on any atom is 0.0715 e. The van der Waals surface area contributed by atoms with Crippen LogP contribution >= 0.6 is 63.7 Å². The third-order valence-electron chi connectivity index (χ3n) is 8.81. The minimum Gasteiger partial charge on any atom is -0.0622 e. The first-order valence-electron chi connectivity index (χ1n) is 14.5. The monoisotopic (exact) mass is 824 g/mol. The molecule has 6 aromatic rings. The number of aryl methyl sites for hydroxylation is 3. The maximum atomic E-state index is 3.85. The molecule has 1 aliphatic carbocycles. The third kappa shape index (κ3) is 4.90. The summed E-state index contributed by atoms with van der Waals surface area (Å²) < 4.78 is 4.13. The Morgan fingerprint density at radius 2 is 1.00 bits per heavy atom. The van der Waals surface area contributed by atoms with Crippen LogP contribution in [0.5, 0.6) is 0 Å². The highest BCUT2D eigenvalue weighted by molar-refractivity contribution is 9.11. The Balaban J connectivity index is 1.69. The zero-order valence-corrected chi connectivity index (χ0v) is 30.8.